The number of ether oxygens (including phenoxy) is 1. The highest BCUT2D eigenvalue weighted by molar-refractivity contribution is 9.10. The van der Waals surface area contributed by atoms with Gasteiger partial charge in [-0.25, -0.2) is 0 Å². The molecule has 4 nitrogen and oxygen atoms in total. The predicted octanol–water partition coefficient (Wildman–Crippen LogP) is 4.42. The van der Waals surface area contributed by atoms with Gasteiger partial charge < -0.3 is 4.74 Å². The molecular weight excluding hydrogens is 397 g/mol. The summed E-state index contributed by atoms with van der Waals surface area (Å²) in [4.78, 5) is 11.7. The highest BCUT2D eigenvalue weighted by Crippen LogP contribution is 2.38. The van der Waals surface area contributed by atoms with Gasteiger partial charge in [0.25, 0.3) is 0 Å². The van der Waals surface area contributed by atoms with E-state index >= 15 is 0 Å². The third-order valence-electron chi connectivity index (χ3n) is 2.80. The predicted molar refractivity (Wildman–Crippen MR) is 81.9 cm³/mol. The normalized spacial score (nSPS) is 11.6. The molecular formula is C14H12BrF3N2O2S. The van der Waals surface area contributed by atoms with E-state index in [0.717, 1.165) is 32.7 Å². The number of halogens is 4. The molecule has 0 radical (unpaired) electrons. The SMILES string of the molecule is CC(=O)OCc1c(C(F)(F)F)nn(C)c1Sc1ccc(Br)cc1. The number of nitrogens with zero attached hydrogens (tertiary/aromatic N) is 2. The molecule has 0 aliphatic carbocycles. The van der Waals surface area contributed by atoms with Crippen LogP contribution in [-0.4, -0.2) is 15.7 Å². The Hall–Kier alpha value is -1.48. The van der Waals surface area contributed by atoms with Crippen LogP contribution in [0.4, 0.5) is 13.2 Å². The summed E-state index contributed by atoms with van der Waals surface area (Å²) < 4.78 is 46.2. The number of hydrogen-bond donors (Lipinski definition) is 0. The van der Waals surface area contributed by atoms with Crippen molar-refractivity contribution in [3.05, 3.63) is 40.0 Å². The minimum atomic E-state index is -4.62. The van der Waals surface area contributed by atoms with E-state index in [1.54, 1.807) is 24.3 Å². The number of aryl methyl sites for hydroxylation is 1. The summed E-state index contributed by atoms with van der Waals surface area (Å²) in [5.74, 6) is -0.651. The zero-order valence-electron chi connectivity index (χ0n) is 12.1. The second-order valence-electron chi connectivity index (χ2n) is 4.59. The lowest BCUT2D eigenvalue weighted by Crippen LogP contribution is -2.11. The van der Waals surface area contributed by atoms with Crippen molar-refractivity contribution in [3.8, 4) is 0 Å². The van der Waals surface area contributed by atoms with Crippen molar-refractivity contribution in [2.75, 3.05) is 0 Å². The molecule has 9 heteroatoms. The number of hydrogen-bond acceptors (Lipinski definition) is 4. The van der Waals surface area contributed by atoms with E-state index in [1.807, 2.05) is 0 Å². The van der Waals surface area contributed by atoms with Crippen molar-refractivity contribution in [2.45, 2.75) is 29.6 Å². The van der Waals surface area contributed by atoms with Gasteiger partial charge in [-0.1, -0.05) is 27.7 Å². The Bertz CT molecular complexity index is 714. The first-order chi connectivity index (χ1) is 10.7. The fraction of sp³-hybridized carbons (Fsp3) is 0.286. The number of rotatable bonds is 4. The second-order valence-corrected chi connectivity index (χ2v) is 6.57. The Morgan fingerprint density at radius 1 is 1.35 bits per heavy atom. The quantitative estimate of drug-likeness (QED) is 0.702. The molecule has 0 saturated carbocycles. The lowest BCUT2D eigenvalue weighted by atomic mass is 10.2. The van der Waals surface area contributed by atoms with Gasteiger partial charge in [0, 0.05) is 23.3 Å². The molecule has 2 aromatic rings. The smallest absolute Gasteiger partial charge is 0.435 e. The molecule has 0 N–H and O–H groups in total. The molecule has 0 unspecified atom stereocenters. The molecule has 0 amide bonds. The molecule has 0 saturated heterocycles. The van der Waals surface area contributed by atoms with Crippen LogP contribution in [0.3, 0.4) is 0 Å². The Morgan fingerprint density at radius 2 is 1.96 bits per heavy atom. The lowest BCUT2D eigenvalue weighted by Gasteiger charge is -2.09. The largest absolute Gasteiger partial charge is 0.461 e. The Balaban J connectivity index is 2.42. The number of esters is 1. The molecule has 0 aliphatic heterocycles. The monoisotopic (exact) mass is 408 g/mol. The van der Waals surface area contributed by atoms with Gasteiger partial charge in [-0.2, -0.15) is 18.3 Å². The van der Waals surface area contributed by atoms with Crippen molar-refractivity contribution in [1.29, 1.82) is 0 Å². The van der Waals surface area contributed by atoms with Crippen LogP contribution in [0.1, 0.15) is 18.2 Å². The average Bonchev–Trinajstić information content (AvgIpc) is 2.76. The number of carbonyl (C=O) groups excluding carboxylic acids is 1. The molecule has 1 aromatic carbocycles. The fourth-order valence-electron chi connectivity index (χ4n) is 1.83. The molecule has 124 valence electrons. The topological polar surface area (TPSA) is 44.1 Å². The maximum atomic E-state index is 13.1. The maximum Gasteiger partial charge on any atom is 0.435 e. The van der Waals surface area contributed by atoms with Crippen LogP contribution in [0.25, 0.3) is 0 Å². The van der Waals surface area contributed by atoms with Crippen molar-refractivity contribution in [1.82, 2.24) is 9.78 Å². The molecule has 0 atom stereocenters. The summed E-state index contributed by atoms with van der Waals surface area (Å²) in [7, 11) is 1.42. The van der Waals surface area contributed by atoms with Crippen molar-refractivity contribution < 1.29 is 22.7 Å². The zero-order chi connectivity index (χ0) is 17.2. The number of carbonyl (C=O) groups is 1. The second kappa shape index (κ2) is 6.96. The van der Waals surface area contributed by atoms with Gasteiger partial charge >= 0.3 is 12.1 Å². The molecule has 2 rings (SSSR count). The van der Waals surface area contributed by atoms with Crippen molar-refractivity contribution >= 4 is 33.7 Å². The molecule has 23 heavy (non-hydrogen) atoms. The third kappa shape index (κ3) is 4.51. The summed E-state index contributed by atoms with van der Waals surface area (Å²) in [6, 6.07) is 7.11. The lowest BCUT2D eigenvalue weighted by molar-refractivity contribution is -0.147. The fourth-order valence-corrected chi connectivity index (χ4v) is 3.04. The third-order valence-corrected chi connectivity index (χ3v) is 4.54. The van der Waals surface area contributed by atoms with Gasteiger partial charge in [0.2, 0.25) is 0 Å². The summed E-state index contributed by atoms with van der Waals surface area (Å²) in [6.07, 6.45) is -4.62. The standard InChI is InChI=1S/C14H12BrF3N2O2S/c1-8(21)22-7-11-12(14(16,17)18)19-20(2)13(11)23-10-5-3-9(15)4-6-10/h3-6H,7H2,1-2H3. The van der Waals surface area contributed by atoms with E-state index in [9.17, 15) is 18.0 Å². The van der Waals surface area contributed by atoms with E-state index in [1.165, 1.54) is 7.05 Å². The van der Waals surface area contributed by atoms with Crippen LogP contribution < -0.4 is 0 Å². The minimum Gasteiger partial charge on any atom is -0.461 e. The van der Waals surface area contributed by atoms with E-state index in [-0.39, 0.29) is 10.6 Å². The van der Waals surface area contributed by atoms with Crippen molar-refractivity contribution in [3.63, 3.8) is 0 Å². The molecule has 1 heterocycles. The Morgan fingerprint density at radius 3 is 2.48 bits per heavy atom. The summed E-state index contributed by atoms with van der Waals surface area (Å²) in [5, 5.41) is 3.82. The summed E-state index contributed by atoms with van der Waals surface area (Å²) >= 11 is 4.42. The molecule has 0 bridgehead atoms. The maximum absolute atomic E-state index is 13.1. The van der Waals surface area contributed by atoms with E-state index in [0.29, 0.717) is 0 Å². The highest BCUT2D eigenvalue weighted by Gasteiger charge is 2.39. The van der Waals surface area contributed by atoms with Crippen LogP contribution in [0.15, 0.2) is 38.7 Å². The van der Waals surface area contributed by atoms with Crippen LogP contribution in [0.5, 0.6) is 0 Å². The van der Waals surface area contributed by atoms with E-state index in [2.05, 4.69) is 21.0 Å². The first kappa shape index (κ1) is 17.9. The van der Waals surface area contributed by atoms with Crippen LogP contribution >= 0.6 is 27.7 Å². The van der Waals surface area contributed by atoms with E-state index < -0.39 is 24.4 Å². The summed E-state index contributed by atoms with van der Waals surface area (Å²) in [6.45, 7) is 0.669. The van der Waals surface area contributed by atoms with Crippen LogP contribution in [-0.2, 0) is 29.4 Å². The Kier molecular flexibility index (Phi) is 5.41. The minimum absolute atomic E-state index is 0.150. The Labute approximate surface area is 143 Å². The van der Waals surface area contributed by atoms with Gasteiger partial charge in [0.15, 0.2) is 5.69 Å². The molecule has 0 spiro atoms. The number of alkyl halides is 3. The van der Waals surface area contributed by atoms with Gasteiger partial charge in [0.05, 0.1) is 5.56 Å². The van der Waals surface area contributed by atoms with Crippen molar-refractivity contribution in [2.24, 2.45) is 7.05 Å². The summed E-state index contributed by atoms with van der Waals surface area (Å²) in [5.41, 5.74) is -1.19. The number of benzene rings is 1. The van der Waals surface area contributed by atoms with Crippen LogP contribution in [0, 0.1) is 0 Å². The first-order valence-corrected chi connectivity index (χ1v) is 7.99. The van der Waals surface area contributed by atoms with Gasteiger partial charge in [-0.3, -0.25) is 9.48 Å². The first-order valence-electron chi connectivity index (χ1n) is 6.38. The molecule has 0 aliphatic rings. The van der Waals surface area contributed by atoms with Gasteiger partial charge in [0.1, 0.15) is 11.6 Å². The van der Waals surface area contributed by atoms with E-state index in [4.69, 9.17) is 4.74 Å². The number of aromatic nitrogens is 2. The average molecular weight is 409 g/mol. The van der Waals surface area contributed by atoms with Gasteiger partial charge in [-0.05, 0) is 24.3 Å². The van der Waals surface area contributed by atoms with Crippen LogP contribution in [0.2, 0.25) is 0 Å². The van der Waals surface area contributed by atoms with Gasteiger partial charge in [-0.15, -0.1) is 0 Å². The zero-order valence-corrected chi connectivity index (χ0v) is 14.6. The highest BCUT2D eigenvalue weighted by atomic mass is 79.9. The molecule has 1 aromatic heterocycles. The molecule has 0 fully saturated rings.